The van der Waals surface area contributed by atoms with Gasteiger partial charge in [-0.2, -0.15) is 0 Å². The number of piperidine rings is 2. The molecule has 0 unspecified atom stereocenters. The third kappa shape index (κ3) is 4.30. The number of nitrogens with zero attached hydrogens (tertiary/aromatic N) is 3. The SMILES string of the molecule is COc1cc(/C=C2\CC[C@@H]3CCC[C@@H](c4ccc(Cl)cc4)N3C2=O)ccc1-n1cnc(C)c1. The fourth-order valence-corrected chi connectivity index (χ4v) is 5.29. The molecular weight excluding hydrogens is 434 g/mol. The third-order valence-corrected chi connectivity index (χ3v) is 7.04. The Hall–Kier alpha value is -3.05. The van der Waals surface area contributed by atoms with Crippen LogP contribution in [0.2, 0.25) is 5.02 Å². The van der Waals surface area contributed by atoms with Gasteiger partial charge in [0.25, 0.3) is 5.91 Å². The van der Waals surface area contributed by atoms with Gasteiger partial charge in [0.2, 0.25) is 0 Å². The Morgan fingerprint density at radius 1 is 1.12 bits per heavy atom. The Morgan fingerprint density at radius 2 is 1.94 bits per heavy atom. The lowest BCUT2D eigenvalue weighted by atomic mass is 9.84. The van der Waals surface area contributed by atoms with Crippen molar-refractivity contribution in [2.24, 2.45) is 0 Å². The van der Waals surface area contributed by atoms with Crippen LogP contribution in [-0.2, 0) is 4.79 Å². The molecule has 1 amide bonds. The molecule has 33 heavy (non-hydrogen) atoms. The van der Waals surface area contributed by atoms with E-state index in [0.717, 1.165) is 65.4 Å². The highest BCUT2D eigenvalue weighted by molar-refractivity contribution is 6.30. The molecular formula is C27H28ClN3O2. The smallest absolute Gasteiger partial charge is 0.250 e. The van der Waals surface area contributed by atoms with Gasteiger partial charge in [0.15, 0.2) is 0 Å². The number of aromatic nitrogens is 2. The van der Waals surface area contributed by atoms with Crippen LogP contribution in [0.25, 0.3) is 11.8 Å². The van der Waals surface area contributed by atoms with Crippen molar-refractivity contribution in [3.63, 3.8) is 0 Å². The van der Waals surface area contributed by atoms with E-state index in [0.29, 0.717) is 6.04 Å². The summed E-state index contributed by atoms with van der Waals surface area (Å²) >= 11 is 6.10. The first-order valence-electron chi connectivity index (χ1n) is 11.5. The number of hydrogen-bond acceptors (Lipinski definition) is 3. The van der Waals surface area contributed by atoms with E-state index >= 15 is 0 Å². The quantitative estimate of drug-likeness (QED) is 0.438. The maximum absolute atomic E-state index is 13.6. The van der Waals surface area contributed by atoms with Crippen LogP contribution < -0.4 is 4.74 Å². The lowest BCUT2D eigenvalue weighted by Gasteiger charge is -2.46. The highest BCUT2D eigenvalue weighted by atomic mass is 35.5. The van der Waals surface area contributed by atoms with E-state index in [1.165, 1.54) is 5.56 Å². The highest BCUT2D eigenvalue weighted by Crippen LogP contribution is 2.41. The number of hydrogen-bond donors (Lipinski definition) is 0. The van der Waals surface area contributed by atoms with E-state index in [9.17, 15) is 4.79 Å². The van der Waals surface area contributed by atoms with Crippen LogP contribution in [0.4, 0.5) is 0 Å². The van der Waals surface area contributed by atoms with E-state index in [1.54, 1.807) is 13.4 Å². The van der Waals surface area contributed by atoms with Crippen molar-refractivity contribution in [3.8, 4) is 11.4 Å². The first kappa shape index (κ1) is 21.8. The van der Waals surface area contributed by atoms with Crippen molar-refractivity contribution in [1.29, 1.82) is 0 Å². The maximum Gasteiger partial charge on any atom is 0.250 e. The summed E-state index contributed by atoms with van der Waals surface area (Å²) in [5.41, 5.74) is 4.87. The molecule has 2 saturated heterocycles. The number of methoxy groups -OCH3 is 1. The summed E-state index contributed by atoms with van der Waals surface area (Å²) in [5, 5.41) is 0.722. The van der Waals surface area contributed by atoms with Crippen LogP contribution in [0.3, 0.4) is 0 Å². The van der Waals surface area contributed by atoms with Crippen molar-refractivity contribution >= 4 is 23.6 Å². The Morgan fingerprint density at radius 3 is 2.67 bits per heavy atom. The molecule has 0 N–H and O–H groups in total. The topological polar surface area (TPSA) is 47.4 Å². The normalized spacial score (nSPS) is 21.8. The Bertz CT molecular complexity index is 1200. The predicted molar refractivity (Wildman–Crippen MR) is 131 cm³/mol. The molecule has 0 bridgehead atoms. The van der Waals surface area contributed by atoms with E-state index in [1.807, 2.05) is 54.1 Å². The summed E-state index contributed by atoms with van der Waals surface area (Å²) in [5.74, 6) is 0.902. The van der Waals surface area contributed by atoms with E-state index in [4.69, 9.17) is 16.3 Å². The molecule has 6 heteroatoms. The Balaban J connectivity index is 1.44. The van der Waals surface area contributed by atoms with E-state index in [2.05, 4.69) is 22.0 Å². The standard InChI is InChI=1S/C27H28ClN3O2/c1-18-16-30(17-29-18)25-13-6-19(15-26(25)33-2)14-21-9-12-23-4-3-5-24(31(23)27(21)32)20-7-10-22(28)11-8-20/h6-8,10-11,13-17,23-24H,3-5,9,12H2,1-2H3/b21-14+/t23-,24-/m0/s1. The van der Waals surface area contributed by atoms with Crippen molar-refractivity contribution in [2.75, 3.05) is 7.11 Å². The van der Waals surface area contributed by atoms with Crippen molar-refractivity contribution in [3.05, 3.63) is 82.4 Å². The van der Waals surface area contributed by atoms with Crippen LogP contribution in [-0.4, -0.2) is 33.5 Å². The molecule has 2 aromatic carbocycles. The molecule has 5 rings (SSSR count). The molecule has 0 spiro atoms. The van der Waals surface area contributed by atoms with Crippen molar-refractivity contribution < 1.29 is 9.53 Å². The lowest BCUT2D eigenvalue weighted by molar-refractivity contribution is -0.136. The van der Waals surface area contributed by atoms with Crippen molar-refractivity contribution in [1.82, 2.24) is 14.5 Å². The molecule has 3 heterocycles. The fraction of sp³-hybridized carbons (Fsp3) is 0.333. The van der Waals surface area contributed by atoms with Gasteiger partial charge in [-0.3, -0.25) is 4.79 Å². The second-order valence-electron chi connectivity index (χ2n) is 8.93. The average molecular weight is 462 g/mol. The fourth-order valence-electron chi connectivity index (χ4n) is 5.16. The first-order chi connectivity index (χ1) is 16.0. The molecule has 3 aromatic rings. The van der Waals surface area contributed by atoms with Crippen LogP contribution in [0.5, 0.6) is 5.75 Å². The lowest BCUT2D eigenvalue weighted by Crippen LogP contribution is -2.49. The summed E-state index contributed by atoms with van der Waals surface area (Å²) in [6.07, 6.45) is 10.8. The highest BCUT2D eigenvalue weighted by Gasteiger charge is 2.39. The first-order valence-corrected chi connectivity index (χ1v) is 11.9. The number of halogens is 1. The zero-order valence-electron chi connectivity index (χ0n) is 19.0. The second-order valence-corrected chi connectivity index (χ2v) is 9.36. The average Bonchev–Trinajstić information content (AvgIpc) is 3.27. The summed E-state index contributed by atoms with van der Waals surface area (Å²) in [7, 11) is 1.67. The number of amides is 1. The number of carbonyl (C=O) groups is 1. The molecule has 2 aliphatic rings. The second kappa shape index (κ2) is 9.06. The molecule has 5 nitrogen and oxygen atoms in total. The largest absolute Gasteiger partial charge is 0.495 e. The number of carbonyl (C=O) groups excluding carboxylic acids is 1. The molecule has 170 valence electrons. The summed E-state index contributed by atoms with van der Waals surface area (Å²) in [6, 6.07) is 14.4. The monoisotopic (exact) mass is 461 g/mol. The van der Waals surface area contributed by atoms with Gasteiger partial charge >= 0.3 is 0 Å². The van der Waals surface area contributed by atoms with Gasteiger partial charge in [0.1, 0.15) is 5.75 Å². The van der Waals surface area contributed by atoms with E-state index < -0.39 is 0 Å². The van der Waals surface area contributed by atoms with E-state index in [-0.39, 0.29) is 11.9 Å². The number of aryl methyl sites for hydroxylation is 1. The maximum atomic E-state index is 13.6. The minimum atomic E-state index is 0.110. The van der Waals surface area contributed by atoms with Gasteiger partial charge in [-0.15, -0.1) is 0 Å². The minimum absolute atomic E-state index is 0.110. The summed E-state index contributed by atoms with van der Waals surface area (Å²) < 4.78 is 7.60. The molecule has 1 aromatic heterocycles. The Labute approximate surface area is 199 Å². The van der Waals surface area contributed by atoms with Gasteiger partial charge < -0.3 is 14.2 Å². The van der Waals surface area contributed by atoms with Crippen molar-refractivity contribution in [2.45, 2.75) is 51.1 Å². The van der Waals surface area contributed by atoms with Gasteiger partial charge in [-0.1, -0.05) is 29.8 Å². The van der Waals surface area contributed by atoms with Crippen LogP contribution in [0.1, 0.15) is 55.0 Å². The third-order valence-electron chi connectivity index (χ3n) is 6.79. The number of fused-ring (bicyclic) bond motifs is 1. The van der Waals surface area contributed by atoms with Gasteiger partial charge in [-0.25, -0.2) is 4.98 Å². The molecule has 0 radical (unpaired) electrons. The van der Waals surface area contributed by atoms with Crippen LogP contribution in [0, 0.1) is 6.92 Å². The van der Waals surface area contributed by atoms with Gasteiger partial charge in [0.05, 0.1) is 30.9 Å². The van der Waals surface area contributed by atoms with Crippen LogP contribution >= 0.6 is 11.6 Å². The Kier molecular flexibility index (Phi) is 5.98. The zero-order valence-corrected chi connectivity index (χ0v) is 19.8. The van der Waals surface area contributed by atoms with Gasteiger partial charge in [-0.05, 0) is 80.5 Å². The zero-order chi connectivity index (χ0) is 22.9. The minimum Gasteiger partial charge on any atom is -0.495 e. The summed E-state index contributed by atoms with van der Waals surface area (Å²) in [6.45, 7) is 1.96. The molecule has 2 fully saturated rings. The number of benzene rings is 2. The molecule has 0 saturated carbocycles. The summed E-state index contributed by atoms with van der Waals surface area (Å²) in [4.78, 5) is 20.1. The predicted octanol–water partition coefficient (Wildman–Crippen LogP) is 6.14. The molecule has 0 aliphatic carbocycles. The number of ether oxygens (including phenoxy) is 1. The molecule has 2 aliphatic heterocycles. The number of rotatable bonds is 4. The number of imidazole rings is 1. The van der Waals surface area contributed by atoms with Crippen LogP contribution in [0.15, 0.2) is 60.6 Å². The molecule has 2 atom stereocenters. The van der Waals surface area contributed by atoms with Gasteiger partial charge in [0, 0.05) is 22.8 Å².